The molecule has 1 fully saturated rings. The molecule has 0 aromatic heterocycles. The van der Waals surface area contributed by atoms with Crippen molar-refractivity contribution >= 4 is 36.2 Å². The Kier molecular flexibility index (Phi) is 6.25. The zero-order chi connectivity index (χ0) is 20.3. The largest absolute Gasteiger partial charge is 0.497 e. The topological polar surface area (TPSA) is 49.9 Å². The van der Waals surface area contributed by atoms with Crippen LogP contribution in [0.15, 0.2) is 54.6 Å². The predicted octanol–water partition coefficient (Wildman–Crippen LogP) is 3.05. The Morgan fingerprint density at radius 3 is 2.29 bits per heavy atom. The van der Waals surface area contributed by atoms with Crippen LogP contribution < -0.4 is 4.74 Å². The highest BCUT2D eigenvalue weighted by Crippen LogP contribution is 2.40. The van der Waals surface area contributed by atoms with Crippen molar-refractivity contribution in [3.05, 3.63) is 65.7 Å². The van der Waals surface area contributed by atoms with E-state index in [9.17, 15) is 9.59 Å². The Labute approximate surface area is 175 Å². The summed E-state index contributed by atoms with van der Waals surface area (Å²) in [5.41, 5.74) is 2.06. The molecule has 148 valence electrons. The van der Waals surface area contributed by atoms with Gasteiger partial charge in [-0.2, -0.15) is 0 Å². The van der Waals surface area contributed by atoms with E-state index in [-0.39, 0.29) is 11.8 Å². The van der Waals surface area contributed by atoms with Crippen LogP contribution in [0.4, 0.5) is 0 Å². The summed E-state index contributed by atoms with van der Waals surface area (Å²) in [5, 5.41) is -0.761. The summed E-state index contributed by atoms with van der Waals surface area (Å²) in [5.74, 6) is 1.08. The van der Waals surface area contributed by atoms with Crippen molar-refractivity contribution < 1.29 is 14.3 Å². The first-order valence-electron chi connectivity index (χ1n) is 8.93. The zero-order valence-electron chi connectivity index (χ0n) is 16.2. The van der Waals surface area contributed by atoms with Gasteiger partial charge in [-0.3, -0.25) is 9.59 Å². The van der Waals surface area contributed by atoms with Crippen LogP contribution in [-0.2, 0) is 21.8 Å². The number of methoxy groups -OCH3 is 1. The van der Waals surface area contributed by atoms with Crippen LogP contribution in [0.5, 0.6) is 5.75 Å². The van der Waals surface area contributed by atoms with Crippen molar-refractivity contribution in [1.29, 1.82) is 0 Å². The SMILES string of the molecule is COc1ccc(CS[C@@]2(Cc3ccccc3)C(=O)N(C)C(S)C(=O)N2C)cc1. The van der Waals surface area contributed by atoms with Crippen LogP contribution in [0.25, 0.3) is 0 Å². The lowest BCUT2D eigenvalue weighted by Gasteiger charge is -2.48. The van der Waals surface area contributed by atoms with Crippen molar-refractivity contribution in [2.45, 2.75) is 22.4 Å². The van der Waals surface area contributed by atoms with E-state index in [1.807, 2.05) is 54.6 Å². The average Bonchev–Trinajstić information content (AvgIpc) is 2.74. The van der Waals surface area contributed by atoms with Gasteiger partial charge in [0, 0.05) is 26.3 Å². The van der Waals surface area contributed by atoms with Gasteiger partial charge in [-0.1, -0.05) is 42.5 Å². The number of benzene rings is 2. The quantitative estimate of drug-likeness (QED) is 0.736. The van der Waals surface area contributed by atoms with E-state index < -0.39 is 10.2 Å². The van der Waals surface area contributed by atoms with Crippen molar-refractivity contribution in [1.82, 2.24) is 9.80 Å². The number of amides is 2. The summed E-state index contributed by atoms with van der Waals surface area (Å²) in [6, 6.07) is 17.5. The van der Waals surface area contributed by atoms with Crippen LogP contribution >= 0.6 is 24.4 Å². The van der Waals surface area contributed by atoms with Gasteiger partial charge in [-0.05, 0) is 23.3 Å². The van der Waals surface area contributed by atoms with Crippen LogP contribution in [0, 0.1) is 0 Å². The molecule has 2 amide bonds. The fourth-order valence-electron chi connectivity index (χ4n) is 3.25. The van der Waals surface area contributed by atoms with Crippen LogP contribution in [-0.4, -0.2) is 53.1 Å². The molecule has 1 heterocycles. The van der Waals surface area contributed by atoms with Gasteiger partial charge >= 0.3 is 0 Å². The number of thioether (sulfide) groups is 1. The number of likely N-dealkylation sites (N-methyl/N-ethyl adjacent to an activating group) is 2. The number of carbonyl (C=O) groups excluding carboxylic acids is 2. The molecule has 5 nitrogen and oxygen atoms in total. The summed E-state index contributed by atoms with van der Waals surface area (Å²) in [6.07, 6.45) is 0.431. The fraction of sp³-hybridized carbons (Fsp3) is 0.333. The highest BCUT2D eigenvalue weighted by atomic mass is 32.2. The Morgan fingerprint density at radius 2 is 1.68 bits per heavy atom. The Balaban J connectivity index is 1.93. The van der Waals surface area contributed by atoms with Gasteiger partial charge in [-0.15, -0.1) is 24.4 Å². The normalized spacial score (nSPS) is 22.5. The number of rotatable bonds is 6. The molecule has 0 saturated carbocycles. The second-order valence-electron chi connectivity index (χ2n) is 6.77. The molecule has 2 aromatic rings. The number of piperazine rings is 1. The molecule has 2 aromatic carbocycles. The van der Waals surface area contributed by atoms with Gasteiger partial charge in [0.2, 0.25) is 0 Å². The monoisotopic (exact) mass is 416 g/mol. The zero-order valence-corrected chi connectivity index (χ0v) is 17.9. The first kappa shape index (κ1) is 20.6. The molecule has 1 aliphatic heterocycles. The molecule has 28 heavy (non-hydrogen) atoms. The maximum atomic E-state index is 13.4. The number of carbonyl (C=O) groups is 2. The highest BCUT2D eigenvalue weighted by molar-refractivity contribution is 8.00. The fourth-order valence-corrected chi connectivity index (χ4v) is 4.94. The third-order valence-electron chi connectivity index (χ3n) is 5.04. The molecular formula is C21H24N2O3S2. The molecule has 2 atom stereocenters. The number of nitrogens with zero attached hydrogens (tertiary/aromatic N) is 2. The first-order valence-corrected chi connectivity index (χ1v) is 10.4. The van der Waals surface area contributed by atoms with Gasteiger partial charge < -0.3 is 14.5 Å². The summed E-state index contributed by atoms with van der Waals surface area (Å²) >= 11 is 5.80. The molecule has 3 rings (SSSR count). The summed E-state index contributed by atoms with van der Waals surface area (Å²) in [6.45, 7) is 0. The lowest BCUT2D eigenvalue weighted by atomic mass is 10.0. The number of thiol groups is 1. The molecule has 0 N–H and O–H groups in total. The summed E-state index contributed by atoms with van der Waals surface area (Å²) < 4.78 is 5.21. The Hall–Kier alpha value is -2.12. The Morgan fingerprint density at radius 1 is 1.04 bits per heavy atom. The van der Waals surface area contributed by atoms with Crippen LogP contribution in [0.2, 0.25) is 0 Å². The van der Waals surface area contributed by atoms with Crippen LogP contribution in [0.1, 0.15) is 11.1 Å². The predicted molar refractivity (Wildman–Crippen MR) is 115 cm³/mol. The molecule has 1 unspecified atom stereocenters. The lowest BCUT2D eigenvalue weighted by molar-refractivity contribution is -0.156. The minimum absolute atomic E-state index is 0.114. The minimum Gasteiger partial charge on any atom is -0.497 e. The maximum Gasteiger partial charge on any atom is 0.260 e. The van der Waals surface area contributed by atoms with E-state index in [2.05, 4.69) is 12.6 Å². The van der Waals surface area contributed by atoms with Gasteiger partial charge in [0.1, 0.15) is 5.75 Å². The van der Waals surface area contributed by atoms with Crippen molar-refractivity contribution in [3.8, 4) is 5.75 Å². The van der Waals surface area contributed by atoms with E-state index in [0.29, 0.717) is 12.2 Å². The van der Waals surface area contributed by atoms with Crippen molar-refractivity contribution in [3.63, 3.8) is 0 Å². The molecule has 0 bridgehead atoms. The molecule has 0 spiro atoms. The third kappa shape index (κ3) is 3.86. The molecule has 7 heteroatoms. The number of ether oxygens (including phenoxy) is 1. The average molecular weight is 417 g/mol. The number of hydrogen-bond acceptors (Lipinski definition) is 5. The molecule has 1 aliphatic rings. The van der Waals surface area contributed by atoms with Crippen molar-refractivity contribution in [2.75, 3.05) is 21.2 Å². The van der Waals surface area contributed by atoms with Gasteiger partial charge in [-0.25, -0.2) is 0 Å². The van der Waals surface area contributed by atoms with E-state index in [4.69, 9.17) is 4.74 Å². The molecule has 1 saturated heterocycles. The lowest BCUT2D eigenvalue weighted by Crippen LogP contribution is -2.67. The molecule has 0 aliphatic carbocycles. The van der Waals surface area contributed by atoms with E-state index >= 15 is 0 Å². The van der Waals surface area contributed by atoms with E-state index in [0.717, 1.165) is 16.9 Å². The summed E-state index contributed by atoms with van der Waals surface area (Å²) in [7, 11) is 4.96. The van der Waals surface area contributed by atoms with Gasteiger partial charge in [0.15, 0.2) is 10.2 Å². The third-order valence-corrected chi connectivity index (χ3v) is 7.15. The maximum absolute atomic E-state index is 13.4. The van der Waals surface area contributed by atoms with Crippen LogP contribution in [0.3, 0.4) is 0 Å². The standard InChI is InChI=1S/C21H24N2O3S2/c1-22-19(27)18(24)23(2)21(20(22)25,13-15-7-5-4-6-8-15)28-14-16-9-11-17(26-3)12-10-16/h4-12,19,27H,13-14H2,1-3H3/t19?,21-/m0/s1. The highest BCUT2D eigenvalue weighted by Gasteiger charge is 2.53. The number of hydrogen-bond donors (Lipinski definition) is 1. The van der Waals surface area contributed by atoms with Gasteiger partial charge in [0.05, 0.1) is 7.11 Å². The minimum atomic E-state index is -1.02. The smallest absolute Gasteiger partial charge is 0.260 e. The van der Waals surface area contributed by atoms with Gasteiger partial charge in [0.25, 0.3) is 11.8 Å². The first-order chi connectivity index (χ1) is 13.4. The molecule has 0 radical (unpaired) electrons. The van der Waals surface area contributed by atoms with E-state index in [1.54, 1.807) is 26.1 Å². The second kappa shape index (κ2) is 8.49. The summed E-state index contributed by atoms with van der Waals surface area (Å²) in [4.78, 5) is 28.2. The Bertz CT molecular complexity index is 844. The van der Waals surface area contributed by atoms with Crippen molar-refractivity contribution in [2.24, 2.45) is 0 Å². The second-order valence-corrected chi connectivity index (χ2v) is 8.51. The molecular weight excluding hydrogens is 392 g/mol. The van der Waals surface area contributed by atoms with E-state index in [1.165, 1.54) is 16.7 Å².